The molecule has 0 radical (unpaired) electrons. The monoisotopic (exact) mass is 361 g/mol. The Labute approximate surface area is 161 Å². The van der Waals surface area contributed by atoms with Crippen LogP contribution in [0.15, 0.2) is 54.7 Å². The fourth-order valence-electron chi connectivity index (χ4n) is 2.97. The summed E-state index contributed by atoms with van der Waals surface area (Å²) in [6.45, 7) is 10.5. The van der Waals surface area contributed by atoms with Crippen molar-refractivity contribution in [2.75, 3.05) is 28.6 Å². The number of anilines is 5. The van der Waals surface area contributed by atoms with Crippen LogP contribution in [0.1, 0.15) is 25.0 Å². The maximum atomic E-state index is 4.58. The normalized spacial score (nSPS) is 10.5. The lowest BCUT2D eigenvalue weighted by Gasteiger charge is -2.21. The molecule has 140 valence electrons. The van der Waals surface area contributed by atoms with Crippen molar-refractivity contribution in [2.24, 2.45) is 0 Å². The molecule has 0 atom stereocenters. The van der Waals surface area contributed by atoms with E-state index >= 15 is 0 Å². The van der Waals surface area contributed by atoms with Gasteiger partial charge in [-0.2, -0.15) is 4.98 Å². The number of aromatic nitrogens is 2. The number of aryl methyl sites for hydroxylation is 2. The lowest BCUT2D eigenvalue weighted by atomic mass is 10.1. The fourth-order valence-corrected chi connectivity index (χ4v) is 2.97. The van der Waals surface area contributed by atoms with Gasteiger partial charge in [0.15, 0.2) is 0 Å². The molecule has 1 aromatic heterocycles. The van der Waals surface area contributed by atoms with Gasteiger partial charge in [-0.15, -0.1) is 0 Å². The molecule has 0 fully saturated rings. The predicted molar refractivity (Wildman–Crippen MR) is 115 cm³/mol. The number of rotatable bonds is 7. The Kier molecular flexibility index (Phi) is 5.91. The van der Waals surface area contributed by atoms with Gasteiger partial charge in [-0.25, -0.2) is 4.98 Å². The first kappa shape index (κ1) is 18.7. The molecule has 2 aromatic carbocycles. The summed E-state index contributed by atoms with van der Waals surface area (Å²) in [6, 6.07) is 16.6. The van der Waals surface area contributed by atoms with Crippen molar-refractivity contribution in [3.8, 4) is 0 Å². The molecule has 0 amide bonds. The van der Waals surface area contributed by atoms with Gasteiger partial charge in [0.2, 0.25) is 5.95 Å². The molecule has 0 unspecified atom stereocenters. The Bertz CT molecular complexity index is 885. The molecule has 3 rings (SSSR count). The summed E-state index contributed by atoms with van der Waals surface area (Å²) in [6.07, 6.45) is 1.76. The van der Waals surface area contributed by atoms with Gasteiger partial charge in [0.1, 0.15) is 5.82 Å². The van der Waals surface area contributed by atoms with Gasteiger partial charge < -0.3 is 15.5 Å². The minimum Gasteiger partial charge on any atom is -0.372 e. The molecule has 0 bridgehead atoms. The smallest absolute Gasteiger partial charge is 0.229 e. The summed E-state index contributed by atoms with van der Waals surface area (Å²) in [4.78, 5) is 11.2. The highest BCUT2D eigenvalue weighted by Gasteiger charge is 2.05. The molecule has 27 heavy (non-hydrogen) atoms. The molecule has 0 aliphatic rings. The van der Waals surface area contributed by atoms with Gasteiger partial charge in [-0.1, -0.05) is 12.1 Å². The van der Waals surface area contributed by atoms with Crippen LogP contribution in [-0.4, -0.2) is 23.1 Å². The number of hydrogen-bond donors (Lipinski definition) is 2. The molecule has 3 aromatic rings. The van der Waals surface area contributed by atoms with Crippen molar-refractivity contribution in [2.45, 2.75) is 27.7 Å². The third-order valence-electron chi connectivity index (χ3n) is 4.56. The number of benzene rings is 2. The maximum absolute atomic E-state index is 4.58. The lowest BCUT2D eigenvalue weighted by molar-refractivity contribution is 0.866. The third-order valence-corrected chi connectivity index (χ3v) is 4.56. The van der Waals surface area contributed by atoms with E-state index in [1.165, 1.54) is 11.3 Å². The average Bonchev–Trinajstić information content (AvgIpc) is 2.67. The van der Waals surface area contributed by atoms with Gasteiger partial charge >= 0.3 is 0 Å². The Balaban J connectivity index is 1.73. The summed E-state index contributed by atoms with van der Waals surface area (Å²) in [5, 5.41) is 6.66. The standard InChI is InChI=1S/C22H27N5/c1-5-27(6-2)19-11-9-18(10-12-19)24-21-13-14-23-22(26-21)25-20-15-16(3)7-8-17(20)4/h7-15H,5-6H2,1-4H3,(H2,23,24,25,26). The second-order valence-electron chi connectivity index (χ2n) is 6.55. The van der Waals surface area contributed by atoms with Gasteiger partial charge in [0.25, 0.3) is 0 Å². The number of nitrogens with one attached hydrogen (secondary N) is 2. The average molecular weight is 361 g/mol. The molecule has 5 nitrogen and oxygen atoms in total. The van der Waals surface area contributed by atoms with E-state index in [2.05, 4.69) is 95.7 Å². The van der Waals surface area contributed by atoms with Gasteiger partial charge in [-0.05, 0) is 75.2 Å². The first-order valence-corrected chi connectivity index (χ1v) is 9.38. The Morgan fingerprint density at radius 1 is 0.889 bits per heavy atom. The minimum absolute atomic E-state index is 0.577. The third kappa shape index (κ3) is 4.76. The highest BCUT2D eigenvalue weighted by Crippen LogP contribution is 2.23. The molecule has 0 aliphatic carbocycles. The van der Waals surface area contributed by atoms with E-state index in [-0.39, 0.29) is 0 Å². The van der Waals surface area contributed by atoms with Crippen molar-refractivity contribution in [3.63, 3.8) is 0 Å². The van der Waals surface area contributed by atoms with Crippen LogP contribution in [0, 0.1) is 13.8 Å². The highest BCUT2D eigenvalue weighted by atomic mass is 15.1. The molecular formula is C22H27N5. The molecule has 5 heteroatoms. The minimum atomic E-state index is 0.577. The van der Waals surface area contributed by atoms with E-state index in [0.717, 1.165) is 35.8 Å². The van der Waals surface area contributed by atoms with Crippen LogP contribution in [0.25, 0.3) is 0 Å². The first-order valence-electron chi connectivity index (χ1n) is 9.38. The lowest BCUT2D eigenvalue weighted by Crippen LogP contribution is -2.21. The van der Waals surface area contributed by atoms with Crippen molar-refractivity contribution >= 4 is 28.8 Å². The summed E-state index contributed by atoms with van der Waals surface area (Å²) < 4.78 is 0. The maximum Gasteiger partial charge on any atom is 0.229 e. The quantitative estimate of drug-likeness (QED) is 0.588. The SMILES string of the molecule is CCN(CC)c1ccc(Nc2ccnc(Nc3cc(C)ccc3C)n2)cc1. The molecule has 0 saturated heterocycles. The summed E-state index contributed by atoms with van der Waals surface area (Å²) >= 11 is 0. The summed E-state index contributed by atoms with van der Waals surface area (Å²) in [5.41, 5.74) is 5.61. The molecule has 1 heterocycles. The molecule has 2 N–H and O–H groups in total. The first-order chi connectivity index (χ1) is 13.1. The van der Waals surface area contributed by atoms with Crippen LogP contribution >= 0.6 is 0 Å². The molecular weight excluding hydrogens is 334 g/mol. The fraction of sp³-hybridized carbons (Fsp3) is 0.273. The van der Waals surface area contributed by atoms with E-state index in [1.807, 2.05) is 6.07 Å². The topological polar surface area (TPSA) is 53.1 Å². The van der Waals surface area contributed by atoms with Crippen molar-refractivity contribution in [1.82, 2.24) is 9.97 Å². The van der Waals surface area contributed by atoms with E-state index in [1.54, 1.807) is 6.20 Å². The Hall–Kier alpha value is -3.08. The van der Waals surface area contributed by atoms with Crippen LogP contribution in [0.4, 0.5) is 28.8 Å². The van der Waals surface area contributed by atoms with E-state index in [0.29, 0.717) is 5.95 Å². The van der Waals surface area contributed by atoms with Gasteiger partial charge in [0.05, 0.1) is 0 Å². The highest BCUT2D eigenvalue weighted by molar-refractivity contribution is 5.63. The Morgan fingerprint density at radius 2 is 1.63 bits per heavy atom. The molecule has 0 aliphatic heterocycles. The summed E-state index contributed by atoms with van der Waals surface area (Å²) in [7, 11) is 0. The zero-order valence-electron chi connectivity index (χ0n) is 16.5. The predicted octanol–water partition coefficient (Wildman–Crippen LogP) is 5.43. The van der Waals surface area contributed by atoms with Gasteiger partial charge in [-0.3, -0.25) is 0 Å². The number of hydrogen-bond acceptors (Lipinski definition) is 5. The van der Waals surface area contributed by atoms with E-state index < -0.39 is 0 Å². The zero-order chi connectivity index (χ0) is 19.2. The van der Waals surface area contributed by atoms with Crippen LogP contribution in [0.2, 0.25) is 0 Å². The molecule has 0 spiro atoms. The van der Waals surface area contributed by atoms with Crippen LogP contribution in [-0.2, 0) is 0 Å². The second-order valence-corrected chi connectivity index (χ2v) is 6.55. The second kappa shape index (κ2) is 8.54. The zero-order valence-corrected chi connectivity index (χ0v) is 16.5. The van der Waals surface area contributed by atoms with Crippen molar-refractivity contribution < 1.29 is 0 Å². The largest absolute Gasteiger partial charge is 0.372 e. The van der Waals surface area contributed by atoms with E-state index in [9.17, 15) is 0 Å². The van der Waals surface area contributed by atoms with Crippen LogP contribution in [0.3, 0.4) is 0 Å². The number of nitrogens with zero attached hydrogens (tertiary/aromatic N) is 3. The summed E-state index contributed by atoms with van der Waals surface area (Å²) in [5.74, 6) is 1.34. The van der Waals surface area contributed by atoms with Gasteiger partial charge in [0, 0.05) is 36.3 Å². The van der Waals surface area contributed by atoms with Crippen LogP contribution < -0.4 is 15.5 Å². The Morgan fingerprint density at radius 3 is 2.33 bits per heavy atom. The van der Waals surface area contributed by atoms with E-state index in [4.69, 9.17) is 0 Å². The molecule has 0 saturated carbocycles. The van der Waals surface area contributed by atoms with Crippen molar-refractivity contribution in [1.29, 1.82) is 0 Å². The van der Waals surface area contributed by atoms with Crippen LogP contribution in [0.5, 0.6) is 0 Å². The van der Waals surface area contributed by atoms with Crippen molar-refractivity contribution in [3.05, 3.63) is 65.9 Å².